The van der Waals surface area contributed by atoms with Crippen molar-refractivity contribution in [3.05, 3.63) is 34.6 Å². The summed E-state index contributed by atoms with van der Waals surface area (Å²) < 4.78 is 13.4. The van der Waals surface area contributed by atoms with Gasteiger partial charge in [-0.15, -0.1) is 0 Å². The third-order valence-corrected chi connectivity index (χ3v) is 3.88. The van der Waals surface area contributed by atoms with E-state index in [1.54, 1.807) is 0 Å². The van der Waals surface area contributed by atoms with Gasteiger partial charge in [0.25, 0.3) is 5.91 Å². The van der Waals surface area contributed by atoms with E-state index in [1.807, 2.05) is 6.92 Å². The third kappa shape index (κ3) is 2.93. The molecule has 1 fully saturated rings. The molecule has 0 spiro atoms. The predicted octanol–water partition coefficient (Wildman–Crippen LogP) is 2.80. The highest BCUT2D eigenvalue weighted by molar-refractivity contribution is 6.30. The van der Waals surface area contributed by atoms with Crippen LogP contribution in [0.15, 0.2) is 18.2 Å². The summed E-state index contributed by atoms with van der Waals surface area (Å²) in [6, 6.07) is 2.89. The van der Waals surface area contributed by atoms with Gasteiger partial charge in [-0.2, -0.15) is 0 Å². The molecule has 1 heterocycles. The van der Waals surface area contributed by atoms with Crippen LogP contribution in [0.4, 0.5) is 4.39 Å². The van der Waals surface area contributed by atoms with Crippen LogP contribution in [-0.2, 0) is 4.79 Å². The van der Waals surface area contributed by atoms with E-state index < -0.39 is 23.7 Å². The number of carbonyl (C=O) groups excluding carboxylic acids is 1. The fraction of sp³-hybridized carbons (Fsp3) is 0.429. The molecule has 0 radical (unpaired) electrons. The third-order valence-electron chi connectivity index (χ3n) is 3.58. The van der Waals surface area contributed by atoms with E-state index in [4.69, 9.17) is 11.6 Å². The molecular weight excluding hydrogens is 285 g/mol. The SMILES string of the molecule is CC1CCN(C(=O)c2ccc(Cl)c(F)c2)C(C(=O)O)C1. The number of benzene rings is 1. The summed E-state index contributed by atoms with van der Waals surface area (Å²) in [6.45, 7) is 2.32. The number of carboxylic acid groups (broad SMARTS) is 1. The van der Waals surface area contributed by atoms with Crippen LogP contribution in [0.1, 0.15) is 30.1 Å². The minimum absolute atomic E-state index is 0.0661. The zero-order chi connectivity index (χ0) is 14.9. The molecule has 0 aliphatic carbocycles. The summed E-state index contributed by atoms with van der Waals surface area (Å²) in [6.07, 6.45) is 1.16. The molecule has 0 aromatic heterocycles. The van der Waals surface area contributed by atoms with Gasteiger partial charge in [-0.3, -0.25) is 4.79 Å². The number of piperidine rings is 1. The lowest BCUT2D eigenvalue weighted by Gasteiger charge is -2.36. The highest BCUT2D eigenvalue weighted by Gasteiger charge is 2.35. The lowest BCUT2D eigenvalue weighted by Crippen LogP contribution is -2.49. The first-order valence-electron chi connectivity index (χ1n) is 6.39. The normalized spacial score (nSPS) is 22.6. The molecule has 0 saturated carbocycles. The van der Waals surface area contributed by atoms with Crippen LogP contribution in [0.5, 0.6) is 0 Å². The minimum Gasteiger partial charge on any atom is -0.480 e. The monoisotopic (exact) mass is 299 g/mol. The van der Waals surface area contributed by atoms with Gasteiger partial charge in [0.15, 0.2) is 0 Å². The van der Waals surface area contributed by atoms with Gasteiger partial charge in [-0.25, -0.2) is 9.18 Å². The second-order valence-corrected chi connectivity index (χ2v) is 5.52. The summed E-state index contributed by atoms with van der Waals surface area (Å²) in [5, 5.41) is 9.17. The number of halogens is 2. The van der Waals surface area contributed by atoms with Gasteiger partial charge in [-0.05, 0) is 37.0 Å². The van der Waals surface area contributed by atoms with Crippen molar-refractivity contribution in [1.29, 1.82) is 0 Å². The summed E-state index contributed by atoms with van der Waals surface area (Å²) in [5.74, 6) is -1.93. The highest BCUT2D eigenvalue weighted by Crippen LogP contribution is 2.25. The molecule has 1 aromatic rings. The topological polar surface area (TPSA) is 57.6 Å². The Bertz CT molecular complexity index is 549. The van der Waals surface area contributed by atoms with Crippen LogP contribution in [0.25, 0.3) is 0 Å². The second-order valence-electron chi connectivity index (χ2n) is 5.11. The van der Waals surface area contributed by atoms with E-state index in [0.717, 1.165) is 12.5 Å². The zero-order valence-electron chi connectivity index (χ0n) is 11.0. The molecule has 2 unspecified atom stereocenters. The lowest BCUT2D eigenvalue weighted by atomic mass is 9.92. The van der Waals surface area contributed by atoms with E-state index >= 15 is 0 Å². The fourth-order valence-corrected chi connectivity index (χ4v) is 2.53. The largest absolute Gasteiger partial charge is 0.480 e. The van der Waals surface area contributed by atoms with Crippen molar-refractivity contribution in [3.63, 3.8) is 0 Å². The molecule has 2 atom stereocenters. The van der Waals surface area contributed by atoms with E-state index in [-0.39, 0.29) is 16.5 Å². The number of amides is 1. The Balaban J connectivity index is 2.26. The molecule has 1 saturated heterocycles. The van der Waals surface area contributed by atoms with Crippen molar-refractivity contribution >= 4 is 23.5 Å². The van der Waals surface area contributed by atoms with E-state index in [0.29, 0.717) is 13.0 Å². The van der Waals surface area contributed by atoms with Crippen molar-refractivity contribution in [3.8, 4) is 0 Å². The van der Waals surface area contributed by atoms with Gasteiger partial charge in [0, 0.05) is 12.1 Å². The molecular formula is C14H15ClFNO3. The fourth-order valence-electron chi connectivity index (χ4n) is 2.41. The van der Waals surface area contributed by atoms with Crippen molar-refractivity contribution in [2.45, 2.75) is 25.8 Å². The van der Waals surface area contributed by atoms with Crippen LogP contribution in [0.3, 0.4) is 0 Å². The van der Waals surface area contributed by atoms with Crippen LogP contribution >= 0.6 is 11.6 Å². The van der Waals surface area contributed by atoms with Gasteiger partial charge < -0.3 is 10.0 Å². The van der Waals surface area contributed by atoms with Crippen molar-refractivity contribution < 1.29 is 19.1 Å². The minimum atomic E-state index is -1.03. The molecule has 4 nitrogen and oxygen atoms in total. The van der Waals surface area contributed by atoms with E-state index in [1.165, 1.54) is 17.0 Å². The Morgan fingerprint density at radius 1 is 1.45 bits per heavy atom. The molecule has 1 aromatic carbocycles. The number of hydrogen-bond acceptors (Lipinski definition) is 2. The molecule has 1 aliphatic rings. The quantitative estimate of drug-likeness (QED) is 0.913. The number of hydrogen-bond donors (Lipinski definition) is 1. The first-order chi connectivity index (χ1) is 9.40. The van der Waals surface area contributed by atoms with Gasteiger partial charge >= 0.3 is 5.97 Å². The Labute approximate surface area is 121 Å². The number of nitrogens with zero attached hydrogens (tertiary/aromatic N) is 1. The maximum atomic E-state index is 13.4. The van der Waals surface area contributed by atoms with Gasteiger partial charge in [-0.1, -0.05) is 18.5 Å². The summed E-state index contributed by atoms with van der Waals surface area (Å²) in [5.41, 5.74) is 0.118. The van der Waals surface area contributed by atoms with Crippen molar-refractivity contribution in [2.75, 3.05) is 6.54 Å². The van der Waals surface area contributed by atoms with E-state index in [9.17, 15) is 19.1 Å². The molecule has 2 rings (SSSR count). The number of likely N-dealkylation sites (tertiary alicyclic amines) is 1. The molecule has 1 aliphatic heterocycles. The first kappa shape index (κ1) is 14.8. The summed E-state index contributed by atoms with van der Waals surface area (Å²) in [4.78, 5) is 24.9. The molecule has 1 amide bonds. The molecule has 20 heavy (non-hydrogen) atoms. The van der Waals surface area contributed by atoms with Gasteiger partial charge in [0.2, 0.25) is 0 Å². The van der Waals surface area contributed by atoms with E-state index in [2.05, 4.69) is 0 Å². The Morgan fingerprint density at radius 2 is 2.15 bits per heavy atom. The summed E-state index contributed by atoms with van der Waals surface area (Å²) in [7, 11) is 0. The number of carboxylic acids is 1. The Morgan fingerprint density at radius 3 is 2.75 bits per heavy atom. The number of carbonyl (C=O) groups is 2. The first-order valence-corrected chi connectivity index (χ1v) is 6.76. The number of rotatable bonds is 2. The molecule has 1 N–H and O–H groups in total. The van der Waals surface area contributed by atoms with Crippen LogP contribution < -0.4 is 0 Å². The maximum Gasteiger partial charge on any atom is 0.326 e. The average molecular weight is 300 g/mol. The summed E-state index contributed by atoms with van der Waals surface area (Å²) >= 11 is 5.58. The Kier molecular flexibility index (Phi) is 4.28. The molecule has 0 bridgehead atoms. The molecule has 108 valence electrons. The lowest BCUT2D eigenvalue weighted by molar-refractivity contribution is -0.144. The van der Waals surface area contributed by atoms with Crippen molar-refractivity contribution in [1.82, 2.24) is 4.90 Å². The Hall–Kier alpha value is -1.62. The van der Waals surface area contributed by atoms with Crippen LogP contribution in [0, 0.1) is 11.7 Å². The van der Waals surface area contributed by atoms with Gasteiger partial charge in [0.05, 0.1) is 5.02 Å². The highest BCUT2D eigenvalue weighted by atomic mass is 35.5. The van der Waals surface area contributed by atoms with Crippen molar-refractivity contribution in [2.24, 2.45) is 5.92 Å². The zero-order valence-corrected chi connectivity index (χ0v) is 11.7. The number of aliphatic carboxylic acids is 1. The predicted molar refractivity (Wildman–Crippen MR) is 72.3 cm³/mol. The second kappa shape index (κ2) is 5.79. The van der Waals surface area contributed by atoms with Crippen LogP contribution in [0.2, 0.25) is 5.02 Å². The molecule has 6 heteroatoms. The maximum absolute atomic E-state index is 13.4. The van der Waals surface area contributed by atoms with Gasteiger partial charge in [0.1, 0.15) is 11.9 Å². The smallest absolute Gasteiger partial charge is 0.326 e. The average Bonchev–Trinajstić information content (AvgIpc) is 2.41. The standard InChI is InChI=1S/C14H15ClFNO3/c1-8-4-5-17(12(6-8)14(19)20)13(18)9-2-3-10(15)11(16)7-9/h2-3,7-8,12H,4-6H2,1H3,(H,19,20). The van der Waals surface area contributed by atoms with Crippen LogP contribution in [-0.4, -0.2) is 34.5 Å².